The molecule has 0 spiro atoms. The van der Waals surface area contributed by atoms with Gasteiger partial charge < -0.3 is 25.6 Å². The molecule has 106 valence electrons. The largest absolute Gasteiger partial charge is 0.465 e. The van der Waals surface area contributed by atoms with Gasteiger partial charge in [-0.05, 0) is 19.3 Å². The van der Waals surface area contributed by atoms with Crippen LogP contribution in [0.15, 0.2) is 0 Å². The average Bonchev–Trinajstić information content (AvgIpc) is 2.48. The Balaban J connectivity index is 2.94. The van der Waals surface area contributed by atoms with Gasteiger partial charge >= 0.3 is 6.09 Å². The summed E-state index contributed by atoms with van der Waals surface area (Å²) in [5, 5.41) is 11.5. The van der Waals surface area contributed by atoms with Gasteiger partial charge in [-0.25, -0.2) is 4.79 Å². The van der Waals surface area contributed by atoms with E-state index in [9.17, 15) is 4.79 Å². The number of amides is 1. The Hall–Kier alpha value is -0.850. The molecule has 1 aliphatic heterocycles. The predicted octanol–water partition coefficient (Wildman–Crippen LogP) is 1.15. The Labute approximate surface area is 108 Å². The number of carboxylic acid groups (broad SMARTS) is 1. The van der Waals surface area contributed by atoms with Crippen molar-refractivity contribution in [2.24, 2.45) is 11.1 Å². The van der Waals surface area contributed by atoms with Crippen molar-refractivity contribution in [1.29, 1.82) is 0 Å². The summed E-state index contributed by atoms with van der Waals surface area (Å²) in [4.78, 5) is 10.9. The highest BCUT2D eigenvalue weighted by Gasteiger charge is 2.48. The smallest absolute Gasteiger partial charge is 0.404 e. The number of nitrogens with two attached hydrogens (primary N) is 1. The first-order chi connectivity index (χ1) is 8.07. The van der Waals surface area contributed by atoms with E-state index in [0.29, 0.717) is 6.54 Å². The van der Waals surface area contributed by atoms with Crippen molar-refractivity contribution in [2.45, 2.75) is 58.7 Å². The highest BCUT2D eigenvalue weighted by Crippen LogP contribution is 2.35. The van der Waals surface area contributed by atoms with Crippen LogP contribution in [0.3, 0.4) is 0 Å². The molecule has 1 rings (SSSR count). The minimum atomic E-state index is -1.07. The van der Waals surface area contributed by atoms with Crippen molar-refractivity contribution in [2.75, 3.05) is 6.54 Å². The second kappa shape index (κ2) is 5.03. The van der Waals surface area contributed by atoms with Crippen LogP contribution in [0.1, 0.15) is 34.6 Å². The molecule has 3 atom stereocenters. The molecule has 1 heterocycles. The molecule has 1 aliphatic rings. The Morgan fingerprint density at radius 2 is 2.00 bits per heavy atom. The summed E-state index contributed by atoms with van der Waals surface area (Å²) in [5.41, 5.74) is 5.39. The number of rotatable bonds is 3. The molecule has 0 aromatic heterocycles. The predicted molar refractivity (Wildman–Crippen MR) is 67.3 cm³/mol. The Morgan fingerprint density at radius 1 is 1.44 bits per heavy atom. The van der Waals surface area contributed by atoms with Gasteiger partial charge in [-0.15, -0.1) is 0 Å². The van der Waals surface area contributed by atoms with E-state index in [-0.39, 0.29) is 23.7 Å². The summed E-state index contributed by atoms with van der Waals surface area (Å²) in [5.74, 6) is -0.738. The molecule has 0 aromatic rings. The zero-order chi connectivity index (χ0) is 14.1. The van der Waals surface area contributed by atoms with Crippen LogP contribution >= 0.6 is 0 Å². The minimum Gasteiger partial charge on any atom is -0.465 e. The first-order valence-corrected chi connectivity index (χ1v) is 6.12. The van der Waals surface area contributed by atoms with Crippen LogP contribution in [-0.4, -0.2) is 41.8 Å². The molecule has 18 heavy (non-hydrogen) atoms. The van der Waals surface area contributed by atoms with E-state index in [1.807, 2.05) is 20.8 Å². The summed E-state index contributed by atoms with van der Waals surface area (Å²) >= 11 is 0. The maximum absolute atomic E-state index is 10.9. The van der Waals surface area contributed by atoms with Crippen molar-refractivity contribution in [3.63, 3.8) is 0 Å². The standard InChI is InChI=1S/C12H24N2O4/c1-11(2,3)9(14-10(15)16)8-7(6-13)17-12(4,5)18-8/h7-9,14H,6,13H2,1-5H3,(H,15,16). The van der Waals surface area contributed by atoms with Crippen LogP contribution in [-0.2, 0) is 9.47 Å². The lowest BCUT2D eigenvalue weighted by Gasteiger charge is -2.36. The number of nitrogens with one attached hydrogen (secondary N) is 1. The molecule has 6 nitrogen and oxygen atoms in total. The number of carbonyl (C=O) groups is 1. The maximum atomic E-state index is 10.9. The summed E-state index contributed by atoms with van der Waals surface area (Å²) in [7, 11) is 0. The van der Waals surface area contributed by atoms with Crippen LogP contribution in [0.5, 0.6) is 0 Å². The first kappa shape index (κ1) is 15.2. The molecule has 1 fully saturated rings. The van der Waals surface area contributed by atoms with Crippen molar-refractivity contribution in [1.82, 2.24) is 5.32 Å². The molecule has 6 heteroatoms. The molecule has 3 unspecified atom stereocenters. The van der Waals surface area contributed by atoms with Gasteiger partial charge in [-0.2, -0.15) is 0 Å². The van der Waals surface area contributed by atoms with Crippen LogP contribution in [0, 0.1) is 5.41 Å². The van der Waals surface area contributed by atoms with E-state index in [0.717, 1.165) is 0 Å². The van der Waals surface area contributed by atoms with E-state index in [2.05, 4.69) is 5.32 Å². The van der Waals surface area contributed by atoms with E-state index in [1.54, 1.807) is 13.8 Å². The molecular formula is C12H24N2O4. The van der Waals surface area contributed by atoms with Crippen molar-refractivity contribution in [3.05, 3.63) is 0 Å². The van der Waals surface area contributed by atoms with Gasteiger partial charge in [0.05, 0.1) is 6.04 Å². The second-order valence-electron chi connectivity index (χ2n) is 6.17. The third-order valence-electron chi connectivity index (χ3n) is 2.99. The normalized spacial score (nSPS) is 29.0. The summed E-state index contributed by atoms with van der Waals surface area (Å²) in [6, 6.07) is -0.384. The first-order valence-electron chi connectivity index (χ1n) is 6.12. The van der Waals surface area contributed by atoms with E-state index in [1.165, 1.54) is 0 Å². The number of hydrogen-bond acceptors (Lipinski definition) is 4. The molecule has 1 amide bonds. The second-order valence-corrected chi connectivity index (χ2v) is 6.17. The van der Waals surface area contributed by atoms with Gasteiger partial charge in [-0.1, -0.05) is 20.8 Å². The molecule has 0 aliphatic carbocycles. The molecule has 0 saturated carbocycles. The summed E-state index contributed by atoms with van der Waals surface area (Å²) in [6.07, 6.45) is -1.77. The average molecular weight is 260 g/mol. The molecule has 0 radical (unpaired) electrons. The maximum Gasteiger partial charge on any atom is 0.404 e. The third-order valence-corrected chi connectivity index (χ3v) is 2.99. The molecule has 0 aromatic carbocycles. The van der Waals surface area contributed by atoms with Crippen LogP contribution in [0.2, 0.25) is 0 Å². The number of ether oxygens (including phenoxy) is 2. The fourth-order valence-corrected chi connectivity index (χ4v) is 2.25. The summed E-state index contributed by atoms with van der Waals surface area (Å²) < 4.78 is 11.5. The lowest BCUT2D eigenvalue weighted by molar-refractivity contribution is -0.150. The van der Waals surface area contributed by atoms with Gasteiger partial charge in [0.15, 0.2) is 5.79 Å². The lowest BCUT2D eigenvalue weighted by atomic mass is 9.81. The van der Waals surface area contributed by atoms with Gasteiger partial charge in [0, 0.05) is 6.54 Å². The highest BCUT2D eigenvalue weighted by atomic mass is 16.8. The SMILES string of the molecule is CC1(C)OC(CN)C(C(NC(=O)O)C(C)(C)C)O1. The third kappa shape index (κ3) is 3.57. The van der Waals surface area contributed by atoms with Crippen LogP contribution in [0.4, 0.5) is 4.79 Å². The van der Waals surface area contributed by atoms with Gasteiger partial charge in [-0.3, -0.25) is 0 Å². The van der Waals surface area contributed by atoms with Gasteiger partial charge in [0.1, 0.15) is 12.2 Å². The highest BCUT2D eigenvalue weighted by molar-refractivity contribution is 5.65. The lowest BCUT2D eigenvalue weighted by Crippen LogP contribution is -2.55. The monoisotopic (exact) mass is 260 g/mol. The van der Waals surface area contributed by atoms with Crippen LogP contribution in [0.25, 0.3) is 0 Å². The molecule has 1 saturated heterocycles. The number of hydrogen-bond donors (Lipinski definition) is 3. The zero-order valence-electron chi connectivity index (χ0n) is 11.7. The fourth-order valence-electron chi connectivity index (χ4n) is 2.25. The van der Waals surface area contributed by atoms with Crippen molar-refractivity contribution >= 4 is 6.09 Å². The Bertz CT molecular complexity index is 312. The summed E-state index contributed by atoms with van der Waals surface area (Å²) in [6.45, 7) is 9.76. The van der Waals surface area contributed by atoms with E-state index in [4.69, 9.17) is 20.3 Å². The molecule has 0 bridgehead atoms. The molecular weight excluding hydrogens is 236 g/mol. The molecule has 4 N–H and O–H groups in total. The Morgan fingerprint density at radius 3 is 2.39 bits per heavy atom. The fraction of sp³-hybridized carbons (Fsp3) is 0.917. The minimum absolute atomic E-state index is 0.291. The van der Waals surface area contributed by atoms with Gasteiger partial charge in [0.2, 0.25) is 0 Å². The van der Waals surface area contributed by atoms with E-state index < -0.39 is 11.9 Å². The van der Waals surface area contributed by atoms with Crippen molar-refractivity contribution < 1.29 is 19.4 Å². The zero-order valence-corrected chi connectivity index (χ0v) is 11.7. The Kier molecular flexibility index (Phi) is 4.25. The topological polar surface area (TPSA) is 93.8 Å². The van der Waals surface area contributed by atoms with Crippen molar-refractivity contribution in [3.8, 4) is 0 Å². The van der Waals surface area contributed by atoms with E-state index >= 15 is 0 Å². The van der Waals surface area contributed by atoms with Gasteiger partial charge in [0.25, 0.3) is 0 Å². The quantitative estimate of drug-likeness (QED) is 0.707. The van der Waals surface area contributed by atoms with Crippen LogP contribution < -0.4 is 11.1 Å².